The highest BCUT2D eigenvalue weighted by Gasteiger charge is 2.15. The molecule has 0 atom stereocenters. The Labute approximate surface area is 125 Å². The molecule has 1 aromatic rings. The minimum Gasteiger partial charge on any atom is -0.460 e. The van der Waals surface area contributed by atoms with E-state index in [0.717, 1.165) is 14.6 Å². The number of carbonyl (C=O) groups excluding carboxylic acids is 1. The summed E-state index contributed by atoms with van der Waals surface area (Å²) in [5.74, 6) is -0.196. The van der Waals surface area contributed by atoms with Crippen molar-refractivity contribution in [2.75, 3.05) is 11.9 Å². The number of ether oxygens (including phenoxy) is 1. The Kier molecular flexibility index (Phi) is 5.66. The standard InChI is InChI=1S/C13H17Br2NO2/c1-13(2,3)18-11(17)7-8-16-12-9(14)5-4-6-10(12)15/h4-6,16H,7-8H2,1-3H3. The van der Waals surface area contributed by atoms with Crippen LogP contribution in [0, 0.1) is 0 Å². The highest BCUT2D eigenvalue weighted by molar-refractivity contribution is 9.11. The average molecular weight is 379 g/mol. The lowest BCUT2D eigenvalue weighted by atomic mass is 10.2. The van der Waals surface area contributed by atoms with E-state index in [2.05, 4.69) is 37.2 Å². The third-order valence-corrected chi connectivity index (χ3v) is 3.34. The first-order chi connectivity index (χ1) is 8.29. The predicted octanol–water partition coefficient (Wildman–Crippen LogP) is 4.36. The first-order valence-electron chi connectivity index (χ1n) is 5.69. The summed E-state index contributed by atoms with van der Waals surface area (Å²) in [6.07, 6.45) is 0.338. The Morgan fingerprint density at radius 1 is 1.28 bits per heavy atom. The molecule has 0 unspecified atom stereocenters. The number of carbonyl (C=O) groups is 1. The maximum atomic E-state index is 11.5. The van der Waals surface area contributed by atoms with E-state index in [1.165, 1.54) is 0 Å². The summed E-state index contributed by atoms with van der Waals surface area (Å²) in [7, 11) is 0. The van der Waals surface area contributed by atoms with Gasteiger partial charge in [0, 0.05) is 15.5 Å². The third-order valence-electron chi connectivity index (χ3n) is 2.01. The third kappa shape index (κ3) is 5.40. The SMILES string of the molecule is CC(C)(C)OC(=O)CCNc1c(Br)cccc1Br. The summed E-state index contributed by atoms with van der Waals surface area (Å²) in [6, 6.07) is 5.83. The van der Waals surface area contributed by atoms with Crippen LogP contribution in [-0.4, -0.2) is 18.1 Å². The number of anilines is 1. The second-order valence-corrected chi connectivity index (χ2v) is 6.57. The highest BCUT2D eigenvalue weighted by Crippen LogP contribution is 2.30. The van der Waals surface area contributed by atoms with Crippen LogP contribution in [0.3, 0.4) is 0 Å². The molecule has 1 N–H and O–H groups in total. The van der Waals surface area contributed by atoms with Crippen molar-refractivity contribution >= 4 is 43.5 Å². The van der Waals surface area contributed by atoms with Gasteiger partial charge in [0.2, 0.25) is 0 Å². The Morgan fingerprint density at radius 3 is 2.33 bits per heavy atom. The van der Waals surface area contributed by atoms with Crippen molar-refractivity contribution in [1.29, 1.82) is 0 Å². The molecule has 0 spiro atoms. The lowest BCUT2D eigenvalue weighted by Gasteiger charge is -2.19. The number of nitrogens with one attached hydrogen (secondary N) is 1. The molecule has 0 aliphatic carbocycles. The van der Waals surface area contributed by atoms with E-state index in [1.807, 2.05) is 39.0 Å². The number of hydrogen-bond acceptors (Lipinski definition) is 3. The summed E-state index contributed by atoms with van der Waals surface area (Å²) < 4.78 is 7.15. The number of halogens is 2. The Balaban J connectivity index is 2.45. The number of hydrogen-bond donors (Lipinski definition) is 1. The predicted molar refractivity (Wildman–Crippen MR) is 80.8 cm³/mol. The van der Waals surface area contributed by atoms with Crippen molar-refractivity contribution in [3.63, 3.8) is 0 Å². The van der Waals surface area contributed by atoms with Gasteiger partial charge >= 0.3 is 5.97 Å². The van der Waals surface area contributed by atoms with Crippen LogP contribution >= 0.6 is 31.9 Å². The molecule has 0 aromatic heterocycles. The van der Waals surface area contributed by atoms with Gasteiger partial charge in [-0.2, -0.15) is 0 Å². The number of esters is 1. The van der Waals surface area contributed by atoms with Crippen LogP contribution in [0.15, 0.2) is 27.1 Å². The molecular formula is C13H17Br2NO2. The van der Waals surface area contributed by atoms with Gasteiger partial charge in [0.1, 0.15) is 5.60 Å². The summed E-state index contributed by atoms with van der Waals surface area (Å²) in [6.45, 7) is 6.13. The van der Waals surface area contributed by atoms with E-state index in [0.29, 0.717) is 13.0 Å². The second kappa shape index (κ2) is 6.57. The summed E-state index contributed by atoms with van der Waals surface area (Å²) in [5, 5.41) is 3.20. The number of rotatable bonds is 4. The first kappa shape index (κ1) is 15.5. The van der Waals surface area contributed by atoms with Gasteiger partial charge in [0.15, 0.2) is 0 Å². The number of benzene rings is 1. The molecule has 0 bridgehead atoms. The van der Waals surface area contributed by atoms with Crippen LogP contribution in [0.1, 0.15) is 27.2 Å². The van der Waals surface area contributed by atoms with Crippen molar-refractivity contribution in [3.05, 3.63) is 27.1 Å². The minimum absolute atomic E-state index is 0.196. The maximum Gasteiger partial charge on any atom is 0.308 e. The molecule has 1 aromatic carbocycles. The molecule has 3 nitrogen and oxygen atoms in total. The van der Waals surface area contributed by atoms with Crippen LogP contribution < -0.4 is 5.32 Å². The molecule has 100 valence electrons. The van der Waals surface area contributed by atoms with Gasteiger partial charge in [0.05, 0.1) is 12.1 Å². The van der Waals surface area contributed by atoms with E-state index in [1.54, 1.807) is 0 Å². The zero-order valence-corrected chi connectivity index (χ0v) is 13.9. The van der Waals surface area contributed by atoms with Crippen LogP contribution in [0.25, 0.3) is 0 Å². The van der Waals surface area contributed by atoms with Crippen molar-refractivity contribution < 1.29 is 9.53 Å². The molecule has 0 radical (unpaired) electrons. The van der Waals surface area contributed by atoms with E-state index in [9.17, 15) is 4.79 Å². The summed E-state index contributed by atoms with van der Waals surface area (Å²) in [5.41, 5.74) is 0.520. The fraction of sp³-hybridized carbons (Fsp3) is 0.462. The van der Waals surface area contributed by atoms with Crippen LogP contribution in [0.4, 0.5) is 5.69 Å². The topological polar surface area (TPSA) is 38.3 Å². The molecule has 0 saturated heterocycles. The lowest BCUT2D eigenvalue weighted by Crippen LogP contribution is -2.25. The van der Waals surface area contributed by atoms with E-state index in [4.69, 9.17) is 4.74 Å². The van der Waals surface area contributed by atoms with Crippen LogP contribution in [0.5, 0.6) is 0 Å². The minimum atomic E-state index is -0.426. The summed E-state index contributed by atoms with van der Waals surface area (Å²) in [4.78, 5) is 11.5. The van der Waals surface area contributed by atoms with Crippen LogP contribution in [-0.2, 0) is 9.53 Å². The molecule has 0 aliphatic heterocycles. The van der Waals surface area contributed by atoms with Gasteiger partial charge in [-0.15, -0.1) is 0 Å². The molecule has 1 rings (SSSR count). The highest BCUT2D eigenvalue weighted by atomic mass is 79.9. The largest absolute Gasteiger partial charge is 0.460 e. The van der Waals surface area contributed by atoms with E-state index in [-0.39, 0.29) is 5.97 Å². The Morgan fingerprint density at radius 2 is 1.83 bits per heavy atom. The molecule has 0 aliphatic rings. The average Bonchev–Trinajstić information content (AvgIpc) is 2.19. The van der Waals surface area contributed by atoms with Crippen LogP contribution in [0.2, 0.25) is 0 Å². The molecule has 0 amide bonds. The smallest absolute Gasteiger partial charge is 0.308 e. The van der Waals surface area contributed by atoms with Crippen molar-refractivity contribution in [2.24, 2.45) is 0 Å². The van der Waals surface area contributed by atoms with Crippen molar-refractivity contribution in [3.8, 4) is 0 Å². The second-order valence-electron chi connectivity index (χ2n) is 4.86. The van der Waals surface area contributed by atoms with E-state index >= 15 is 0 Å². The zero-order chi connectivity index (χ0) is 13.8. The monoisotopic (exact) mass is 377 g/mol. The molecule has 0 saturated carbocycles. The van der Waals surface area contributed by atoms with Gasteiger partial charge in [-0.25, -0.2) is 0 Å². The van der Waals surface area contributed by atoms with Gasteiger partial charge in [-0.1, -0.05) is 6.07 Å². The number of para-hydroxylation sites is 1. The normalized spacial score (nSPS) is 11.2. The Bertz CT molecular complexity index is 407. The van der Waals surface area contributed by atoms with Crippen molar-refractivity contribution in [2.45, 2.75) is 32.8 Å². The van der Waals surface area contributed by atoms with E-state index < -0.39 is 5.60 Å². The van der Waals surface area contributed by atoms with Gasteiger partial charge < -0.3 is 10.1 Å². The quantitative estimate of drug-likeness (QED) is 0.791. The first-order valence-corrected chi connectivity index (χ1v) is 7.28. The molecule has 0 fully saturated rings. The molecule has 5 heteroatoms. The van der Waals surface area contributed by atoms with Gasteiger partial charge in [-0.3, -0.25) is 4.79 Å². The fourth-order valence-electron chi connectivity index (χ4n) is 1.35. The maximum absolute atomic E-state index is 11.5. The Hall–Kier alpha value is -0.550. The fourth-order valence-corrected chi connectivity index (χ4v) is 2.63. The van der Waals surface area contributed by atoms with Gasteiger partial charge in [-0.05, 0) is 64.8 Å². The molecule has 0 heterocycles. The zero-order valence-electron chi connectivity index (χ0n) is 10.7. The molecular weight excluding hydrogens is 362 g/mol. The summed E-state index contributed by atoms with van der Waals surface area (Å²) >= 11 is 6.91. The van der Waals surface area contributed by atoms with Gasteiger partial charge in [0.25, 0.3) is 0 Å². The lowest BCUT2D eigenvalue weighted by molar-refractivity contribution is -0.154. The molecule has 18 heavy (non-hydrogen) atoms. The van der Waals surface area contributed by atoms with Crippen molar-refractivity contribution in [1.82, 2.24) is 0 Å².